The van der Waals surface area contributed by atoms with Crippen LogP contribution in [0.25, 0.3) is 11.4 Å². The summed E-state index contributed by atoms with van der Waals surface area (Å²) in [7, 11) is 0. The quantitative estimate of drug-likeness (QED) is 0.689. The van der Waals surface area contributed by atoms with Crippen LogP contribution in [0, 0.1) is 0 Å². The Morgan fingerprint density at radius 2 is 1.92 bits per heavy atom. The van der Waals surface area contributed by atoms with E-state index in [1.165, 1.54) is 4.80 Å². The number of nitrogens with one attached hydrogen (secondary N) is 1. The minimum absolute atomic E-state index is 0.248. The zero-order valence-electron chi connectivity index (χ0n) is 14.0. The molecular weight excluding hydrogens is 336 g/mol. The molecule has 0 unspecified atom stereocenters. The molecule has 10 heteroatoms. The minimum atomic E-state index is -0.248. The first-order valence-electron chi connectivity index (χ1n) is 8.28. The Kier molecular flexibility index (Phi) is 4.67. The highest BCUT2D eigenvalue weighted by molar-refractivity contribution is 5.91. The van der Waals surface area contributed by atoms with Gasteiger partial charge in [0.2, 0.25) is 5.82 Å². The normalized spacial score (nSPS) is 15.1. The third-order valence-electron chi connectivity index (χ3n) is 3.90. The molecule has 0 saturated carbocycles. The van der Waals surface area contributed by atoms with Crippen LogP contribution >= 0.6 is 0 Å². The molecule has 3 aromatic rings. The first-order chi connectivity index (χ1) is 12.8. The second-order valence-electron chi connectivity index (χ2n) is 5.77. The predicted molar refractivity (Wildman–Crippen MR) is 90.7 cm³/mol. The van der Waals surface area contributed by atoms with E-state index in [4.69, 9.17) is 4.74 Å². The summed E-state index contributed by atoms with van der Waals surface area (Å²) in [5, 5.41) is 18.5. The highest BCUT2D eigenvalue weighted by Gasteiger charge is 2.16. The lowest BCUT2D eigenvalue weighted by molar-refractivity contribution is 0.0124. The van der Waals surface area contributed by atoms with Gasteiger partial charge in [-0.1, -0.05) is 30.3 Å². The molecule has 2 aromatic heterocycles. The molecule has 10 nitrogen and oxygen atoms in total. The van der Waals surface area contributed by atoms with Gasteiger partial charge >= 0.3 is 0 Å². The summed E-state index contributed by atoms with van der Waals surface area (Å²) in [5.74, 6) is 0.296. The summed E-state index contributed by atoms with van der Waals surface area (Å²) in [6, 6.07) is 11.3. The zero-order chi connectivity index (χ0) is 17.8. The lowest BCUT2D eigenvalue weighted by Crippen LogP contribution is -2.48. The molecule has 1 saturated heterocycles. The van der Waals surface area contributed by atoms with Crippen molar-refractivity contribution in [2.75, 3.05) is 26.3 Å². The Balaban J connectivity index is 1.39. The minimum Gasteiger partial charge on any atom is -0.379 e. The van der Waals surface area contributed by atoms with Crippen LogP contribution in [0.2, 0.25) is 0 Å². The number of hydrogen-bond acceptors (Lipinski definition) is 7. The maximum Gasteiger partial charge on any atom is 0.286 e. The molecule has 0 radical (unpaired) electrons. The second kappa shape index (κ2) is 7.42. The lowest BCUT2D eigenvalue weighted by atomic mass is 10.2. The van der Waals surface area contributed by atoms with Crippen LogP contribution in [0.15, 0.2) is 42.6 Å². The largest absolute Gasteiger partial charge is 0.379 e. The molecule has 1 amide bonds. The van der Waals surface area contributed by atoms with Crippen molar-refractivity contribution in [3.8, 4) is 11.4 Å². The number of amides is 1. The topological polar surface area (TPSA) is 103 Å². The molecule has 1 N–H and O–H groups in total. The third-order valence-corrected chi connectivity index (χ3v) is 3.90. The molecule has 0 spiro atoms. The summed E-state index contributed by atoms with van der Waals surface area (Å²) in [4.78, 5) is 13.7. The number of rotatable bonds is 5. The number of hydrazine groups is 1. The predicted octanol–water partition coefficient (Wildman–Crippen LogP) is 0.0194. The molecule has 3 heterocycles. The van der Waals surface area contributed by atoms with Gasteiger partial charge in [-0.2, -0.15) is 5.10 Å². The average Bonchev–Trinajstić information content (AvgIpc) is 3.33. The maximum atomic E-state index is 12.2. The monoisotopic (exact) mass is 354 g/mol. The van der Waals surface area contributed by atoms with Crippen LogP contribution in [0.5, 0.6) is 0 Å². The van der Waals surface area contributed by atoms with Crippen molar-refractivity contribution in [1.82, 2.24) is 40.4 Å². The number of carbonyl (C=O) groups is 1. The van der Waals surface area contributed by atoms with Gasteiger partial charge in [0.1, 0.15) is 0 Å². The van der Waals surface area contributed by atoms with Crippen molar-refractivity contribution in [2.24, 2.45) is 0 Å². The first-order valence-corrected chi connectivity index (χ1v) is 8.28. The van der Waals surface area contributed by atoms with E-state index in [0.717, 1.165) is 5.56 Å². The van der Waals surface area contributed by atoms with E-state index in [9.17, 15) is 4.79 Å². The number of benzene rings is 1. The summed E-state index contributed by atoms with van der Waals surface area (Å²) < 4.78 is 6.84. The highest BCUT2D eigenvalue weighted by Crippen LogP contribution is 2.11. The Labute approximate surface area is 149 Å². The van der Waals surface area contributed by atoms with Gasteiger partial charge in [-0.3, -0.25) is 10.2 Å². The van der Waals surface area contributed by atoms with Crippen molar-refractivity contribution in [2.45, 2.75) is 6.67 Å². The number of hydrogen-bond donors (Lipinski definition) is 1. The summed E-state index contributed by atoms with van der Waals surface area (Å²) in [5.41, 5.74) is 4.05. The Morgan fingerprint density at radius 1 is 1.12 bits per heavy atom. The van der Waals surface area contributed by atoms with Gasteiger partial charge in [-0.25, -0.2) is 9.69 Å². The number of carbonyl (C=O) groups excluding carboxylic acids is 1. The van der Waals surface area contributed by atoms with E-state index in [-0.39, 0.29) is 12.6 Å². The average molecular weight is 354 g/mol. The third kappa shape index (κ3) is 3.76. The van der Waals surface area contributed by atoms with Crippen LogP contribution in [-0.2, 0) is 11.4 Å². The first kappa shape index (κ1) is 16.4. The molecule has 0 aliphatic carbocycles. The van der Waals surface area contributed by atoms with E-state index in [0.29, 0.717) is 37.8 Å². The van der Waals surface area contributed by atoms with Crippen molar-refractivity contribution in [3.63, 3.8) is 0 Å². The van der Waals surface area contributed by atoms with Crippen molar-refractivity contribution in [3.05, 3.63) is 48.3 Å². The van der Waals surface area contributed by atoms with Gasteiger partial charge in [-0.15, -0.1) is 15.0 Å². The van der Waals surface area contributed by atoms with E-state index < -0.39 is 0 Å². The van der Waals surface area contributed by atoms with Gasteiger partial charge in [-0.05, 0) is 11.3 Å². The van der Waals surface area contributed by atoms with Crippen LogP contribution in [-0.4, -0.2) is 67.2 Å². The standard InChI is InChI=1S/C16H18N8O2/c25-16(20-22-8-10-26-11-9-22)14-6-7-23(18-14)12-24-19-15(17-21-24)13-4-2-1-3-5-13/h1-7H,8-12H2,(H,20,25). The van der Waals surface area contributed by atoms with Crippen LogP contribution in [0.3, 0.4) is 0 Å². The van der Waals surface area contributed by atoms with Gasteiger partial charge in [0, 0.05) is 24.8 Å². The molecule has 1 aliphatic heterocycles. The maximum absolute atomic E-state index is 12.2. The summed E-state index contributed by atoms with van der Waals surface area (Å²) in [6.07, 6.45) is 1.71. The SMILES string of the molecule is O=C(NN1CCOCC1)c1ccn(Cn2nnc(-c3ccccc3)n2)n1. The molecular formula is C16H18N8O2. The van der Waals surface area contributed by atoms with Crippen LogP contribution in [0.4, 0.5) is 0 Å². The molecule has 4 rings (SSSR count). The van der Waals surface area contributed by atoms with E-state index >= 15 is 0 Å². The molecule has 26 heavy (non-hydrogen) atoms. The second-order valence-corrected chi connectivity index (χ2v) is 5.77. The zero-order valence-corrected chi connectivity index (χ0v) is 14.0. The number of nitrogens with zero attached hydrogens (tertiary/aromatic N) is 7. The number of morpholine rings is 1. The fraction of sp³-hybridized carbons (Fsp3) is 0.312. The van der Waals surface area contributed by atoms with E-state index in [1.807, 2.05) is 35.3 Å². The van der Waals surface area contributed by atoms with Crippen molar-refractivity contribution < 1.29 is 9.53 Å². The highest BCUT2D eigenvalue weighted by atomic mass is 16.5. The summed E-state index contributed by atoms with van der Waals surface area (Å²) >= 11 is 0. The molecule has 134 valence electrons. The lowest BCUT2D eigenvalue weighted by Gasteiger charge is -2.26. The number of aromatic nitrogens is 6. The van der Waals surface area contributed by atoms with Crippen LogP contribution < -0.4 is 5.43 Å². The molecule has 1 aliphatic rings. The molecule has 1 aromatic carbocycles. The Bertz CT molecular complexity index is 869. The Hall–Kier alpha value is -3.11. The molecule has 0 atom stereocenters. The van der Waals surface area contributed by atoms with Crippen molar-refractivity contribution >= 4 is 5.91 Å². The molecule has 1 fully saturated rings. The van der Waals surface area contributed by atoms with Gasteiger partial charge < -0.3 is 4.74 Å². The Morgan fingerprint density at radius 3 is 2.73 bits per heavy atom. The van der Waals surface area contributed by atoms with Crippen molar-refractivity contribution in [1.29, 1.82) is 0 Å². The van der Waals surface area contributed by atoms with Gasteiger partial charge in [0.15, 0.2) is 12.4 Å². The van der Waals surface area contributed by atoms with Gasteiger partial charge in [0.25, 0.3) is 5.91 Å². The fourth-order valence-corrected chi connectivity index (χ4v) is 2.57. The van der Waals surface area contributed by atoms with Gasteiger partial charge in [0.05, 0.1) is 13.2 Å². The van der Waals surface area contributed by atoms with E-state index in [1.54, 1.807) is 16.9 Å². The summed E-state index contributed by atoms with van der Waals surface area (Å²) in [6.45, 7) is 2.81. The number of ether oxygens (including phenoxy) is 1. The number of tetrazole rings is 1. The fourth-order valence-electron chi connectivity index (χ4n) is 2.57. The van der Waals surface area contributed by atoms with E-state index in [2.05, 4.69) is 25.9 Å². The van der Waals surface area contributed by atoms with Crippen LogP contribution in [0.1, 0.15) is 10.5 Å². The smallest absolute Gasteiger partial charge is 0.286 e. The molecule has 0 bridgehead atoms.